The molecule has 1 aromatic heterocycles. The maximum absolute atomic E-state index is 4.43. The Balaban J connectivity index is 1.98. The molecular weight excluding hydrogens is 298 g/mol. The van der Waals surface area contributed by atoms with Gasteiger partial charge in [0.15, 0.2) is 0 Å². The molecule has 2 aromatic rings. The summed E-state index contributed by atoms with van der Waals surface area (Å²) in [6, 6.07) is 10.4. The molecule has 23 heavy (non-hydrogen) atoms. The van der Waals surface area contributed by atoms with Crippen LogP contribution < -0.4 is 0 Å². The summed E-state index contributed by atoms with van der Waals surface area (Å²) in [4.78, 5) is 0. The Hall–Kier alpha value is -2.20. The van der Waals surface area contributed by atoms with E-state index in [1.165, 1.54) is 5.56 Å². The number of hydrogen-bond donors (Lipinski definition) is 0. The first-order valence-corrected chi connectivity index (χ1v) is 11.5. The van der Waals surface area contributed by atoms with Gasteiger partial charge in [0.1, 0.15) is 5.69 Å². The van der Waals surface area contributed by atoms with Crippen molar-refractivity contribution in [1.82, 2.24) is 15.0 Å². The van der Waals surface area contributed by atoms with E-state index in [4.69, 9.17) is 0 Å². The molecule has 3 nitrogen and oxygen atoms in total. The van der Waals surface area contributed by atoms with E-state index in [-0.39, 0.29) is 0 Å². The van der Waals surface area contributed by atoms with Crippen molar-refractivity contribution in [2.45, 2.75) is 26.2 Å². The Labute approximate surface area is 139 Å². The zero-order valence-electron chi connectivity index (χ0n) is 13.9. The summed E-state index contributed by atoms with van der Waals surface area (Å²) >= 11 is 0. The number of rotatable bonds is 5. The molecule has 0 N–H and O–H groups in total. The molecule has 3 rings (SSSR count). The van der Waals surface area contributed by atoms with E-state index in [1.54, 1.807) is 0 Å². The molecule has 1 aliphatic rings. The fourth-order valence-electron chi connectivity index (χ4n) is 2.42. The second-order valence-electron chi connectivity index (χ2n) is 6.84. The first kappa shape index (κ1) is 15.7. The highest BCUT2D eigenvalue weighted by Gasteiger charge is 2.16. The number of benzene rings is 1. The summed E-state index contributed by atoms with van der Waals surface area (Å²) in [5, 5.41) is 8.83. The van der Waals surface area contributed by atoms with Gasteiger partial charge >= 0.3 is 0 Å². The third kappa shape index (κ3) is 3.96. The first-order valence-electron chi connectivity index (χ1n) is 7.92. The monoisotopic (exact) mass is 320 g/mol. The lowest BCUT2D eigenvalue weighted by molar-refractivity contribution is 0.645. The molecule has 1 heterocycles. The SMILES string of the molecule is C[Si](C)(C)/C=C/c1c(C2=C[CH]C=C2)nnn1Cc1ccccc1. The van der Waals surface area contributed by atoms with Gasteiger partial charge in [0.05, 0.1) is 20.3 Å². The van der Waals surface area contributed by atoms with Crippen molar-refractivity contribution in [1.29, 1.82) is 0 Å². The van der Waals surface area contributed by atoms with Gasteiger partial charge in [0.25, 0.3) is 0 Å². The second-order valence-corrected chi connectivity index (χ2v) is 11.9. The number of nitrogens with zero attached hydrogens (tertiary/aromatic N) is 3. The minimum Gasteiger partial charge on any atom is -0.240 e. The highest BCUT2D eigenvalue weighted by molar-refractivity contribution is 6.81. The standard InChI is InChI=1S/C19H22N3Si/c1-23(2,3)14-13-18-19(17-11-7-8-12-17)20-21-22(18)15-16-9-5-4-6-10-16/h4-14H,15H2,1-3H3/b14-13+. The fourth-order valence-corrected chi connectivity index (χ4v) is 3.08. The quantitative estimate of drug-likeness (QED) is 0.766. The molecule has 117 valence electrons. The average Bonchev–Trinajstić information content (AvgIpc) is 3.14. The Bertz CT molecular complexity index is 762. The van der Waals surface area contributed by atoms with E-state index < -0.39 is 8.07 Å². The molecule has 0 saturated heterocycles. The van der Waals surface area contributed by atoms with E-state index in [0.29, 0.717) is 0 Å². The molecule has 1 aromatic carbocycles. The molecule has 0 atom stereocenters. The molecule has 4 heteroatoms. The van der Waals surface area contributed by atoms with Gasteiger partial charge in [-0.25, -0.2) is 4.68 Å². The van der Waals surface area contributed by atoms with Crippen LogP contribution in [0.15, 0.2) is 54.3 Å². The minimum atomic E-state index is -1.29. The second kappa shape index (κ2) is 6.50. The molecular formula is C19H22N3Si. The maximum atomic E-state index is 4.43. The average molecular weight is 320 g/mol. The molecule has 0 aliphatic heterocycles. The predicted molar refractivity (Wildman–Crippen MR) is 99.4 cm³/mol. The maximum Gasteiger partial charge on any atom is 0.120 e. The molecule has 0 bridgehead atoms. The van der Waals surface area contributed by atoms with Crippen LogP contribution in [0.3, 0.4) is 0 Å². The van der Waals surface area contributed by atoms with Gasteiger partial charge in [-0.2, -0.15) is 0 Å². The lowest BCUT2D eigenvalue weighted by Crippen LogP contribution is -2.15. The summed E-state index contributed by atoms with van der Waals surface area (Å²) in [6.07, 6.45) is 10.5. The first-order chi connectivity index (χ1) is 11.0. The summed E-state index contributed by atoms with van der Waals surface area (Å²) in [6.45, 7) is 7.73. The topological polar surface area (TPSA) is 30.7 Å². The zero-order valence-corrected chi connectivity index (χ0v) is 14.9. The van der Waals surface area contributed by atoms with Crippen molar-refractivity contribution < 1.29 is 0 Å². The molecule has 0 unspecified atom stereocenters. The lowest BCUT2D eigenvalue weighted by atomic mass is 10.1. The zero-order chi connectivity index (χ0) is 16.3. The molecule has 1 aliphatic carbocycles. The summed E-state index contributed by atoms with van der Waals surface area (Å²) in [5.74, 6) is 0. The third-order valence-corrected chi connectivity index (χ3v) is 4.79. The van der Waals surface area contributed by atoms with Gasteiger partial charge in [-0.05, 0) is 11.6 Å². The Morgan fingerprint density at radius 2 is 1.91 bits per heavy atom. The summed E-state index contributed by atoms with van der Waals surface area (Å²) in [7, 11) is -1.29. The van der Waals surface area contributed by atoms with Crippen LogP contribution in [0.1, 0.15) is 17.0 Å². The number of aromatic nitrogens is 3. The van der Waals surface area contributed by atoms with Gasteiger partial charge in [0, 0.05) is 12.0 Å². The number of allylic oxidation sites excluding steroid dienone is 4. The van der Waals surface area contributed by atoms with E-state index in [9.17, 15) is 0 Å². The van der Waals surface area contributed by atoms with Gasteiger partial charge in [-0.15, -0.1) is 5.10 Å². The fraction of sp³-hybridized carbons (Fsp3) is 0.211. The van der Waals surface area contributed by atoms with Crippen LogP contribution in [0.5, 0.6) is 0 Å². The van der Waals surface area contributed by atoms with Gasteiger partial charge in [-0.3, -0.25) is 0 Å². The van der Waals surface area contributed by atoms with Crippen LogP contribution in [-0.4, -0.2) is 23.1 Å². The van der Waals surface area contributed by atoms with Crippen LogP contribution in [0.4, 0.5) is 0 Å². The van der Waals surface area contributed by atoms with Crippen LogP contribution in [0.2, 0.25) is 19.6 Å². The highest BCUT2D eigenvalue weighted by Crippen LogP contribution is 2.24. The Kier molecular flexibility index (Phi) is 4.43. The van der Waals surface area contributed by atoms with Crippen LogP contribution >= 0.6 is 0 Å². The van der Waals surface area contributed by atoms with Crippen LogP contribution in [0, 0.1) is 6.42 Å². The molecule has 0 fully saturated rings. The van der Waals surface area contributed by atoms with Crippen molar-refractivity contribution in [2.75, 3.05) is 0 Å². The van der Waals surface area contributed by atoms with E-state index >= 15 is 0 Å². The Morgan fingerprint density at radius 1 is 1.13 bits per heavy atom. The molecule has 1 radical (unpaired) electrons. The normalized spacial score (nSPS) is 14.7. The highest BCUT2D eigenvalue weighted by atomic mass is 28.3. The Morgan fingerprint density at radius 3 is 2.57 bits per heavy atom. The molecule has 0 spiro atoms. The predicted octanol–water partition coefficient (Wildman–Crippen LogP) is 4.37. The number of hydrogen-bond acceptors (Lipinski definition) is 2. The van der Waals surface area contributed by atoms with Crippen molar-refractivity contribution >= 4 is 19.7 Å². The summed E-state index contributed by atoms with van der Waals surface area (Å²) < 4.78 is 1.99. The minimum absolute atomic E-state index is 0.736. The van der Waals surface area contributed by atoms with Crippen molar-refractivity contribution in [3.05, 3.63) is 77.6 Å². The van der Waals surface area contributed by atoms with Gasteiger partial charge < -0.3 is 0 Å². The van der Waals surface area contributed by atoms with Crippen molar-refractivity contribution in [2.24, 2.45) is 0 Å². The largest absolute Gasteiger partial charge is 0.240 e. The van der Waals surface area contributed by atoms with E-state index in [0.717, 1.165) is 23.5 Å². The van der Waals surface area contributed by atoms with Crippen molar-refractivity contribution in [3.8, 4) is 0 Å². The van der Waals surface area contributed by atoms with Gasteiger partial charge in [-0.1, -0.05) is 79.1 Å². The third-order valence-electron chi connectivity index (χ3n) is 3.63. The van der Waals surface area contributed by atoms with E-state index in [1.807, 2.05) is 23.2 Å². The lowest BCUT2D eigenvalue weighted by Gasteiger charge is -2.10. The van der Waals surface area contributed by atoms with Crippen LogP contribution in [0.25, 0.3) is 11.6 Å². The molecule has 0 amide bonds. The van der Waals surface area contributed by atoms with Gasteiger partial charge in [0.2, 0.25) is 0 Å². The van der Waals surface area contributed by atoms with E-state index in [2.05, 4.69) is 78.1 Å². The smallest absolute Gasteiger partial charge is 0.120 e. The molecule has 0 saturated carbocycles. The van der Waals surface area contributed by atoms with Crippen LogP contribution in [-0.2, 0) is 6.54 Å². The van der Waals surface area contributed by atoms with Crippen molar-refractivity contribution in [3.63, 3.8) is 0 Å². The summed E-state index contributed by atoms with van der Waals surface area (Å²) in [5.41, 5.74) is 6.75.